The number of para-hydroxylation sites is 1. The zero-order valence-electron chi connectivity index (χ0n) is 14.6. The van der Waals surface area contributed by atoms with Gasteiger partial charge in [-0.3, -0.25) is 9.58 Å². The van der Waals surface area contributed by atoms with Crippen LogP contribution in [0.3, 0.4) is 0 Å². The second-order valence-corrected chi connectivity index (χ2v) is 8.24. The van der Waals surface area contributed by atoms with E-state index in [-0.39, 0.29) is 0 Å². The number of benzene rings is 1. The number of aryl methyl sites for hydroxylation is 1. The highest BCUT2D eigenvalue weighted by molar-refractivity contribution is 5.89. The number of aromatic nitrogens is 2. The normalized spacial score (nSPS) is 34.8. The zero-order valence-corrected chi connectivity index (χ0v) is 14.6. The SMILES string of the molecule is C=C(NC1CC2CCC3(C)CC(C1)N23)c1nn(C)c2ccccc12. The summed E-state index contributed by atoms with van der Waals surface area (Å²) in [5, 5.41) is 9.62. The molecule has 0 amide bonds. The highest BCUT2D eigenvalue weighted by Crippen LogP contribution is 2.53. The summed E-state index contributed by atoms with van der Waals surface area (Å²) in [4.78, 5) is 2.81. The van der Waals surface area contributed by atoms with Gasteiger partial charge in [0.1, 0.15) is 5.69 Å². The van der Waals surface area contributed by atoms with E-state index in [1.807, 2.05) is 11.7 Å². The van der Waals surface area contributed by atoms with Gasteiger partial charge in [-0.05, 0) is 45.1 Å². The molecule has 4 unspecified atom stereocenters. The fourth-order valence-electron chi connectivity index (χ4n) is 5.68. The molecule has 0 saturated carbocycles. The molecule has 3 fully saturated rings. The van der Waals surface area contributed by atoms with Gasteiger partial charge < -0.3 is 5.32 Å². The number of nitrogens with one attached hydrogen (secondary N) is 1. The predicted molar refractivity (Wildman–Crippen MR) is 97.6 cm³/mol. The van der Waals surface area contributed by atoms with Crippen molar-refractivity contribution in [2.45, 2.75) is 62.7 Å². The summed E-state index contributed by atoms with van der Waals surface area (Å²) in [6, 6.07) is 10.5. The van der Waals surface area contributed by atoms with Crippen molar-refractivity contribution >= 4 is 16.6 Å². The van der Waals surface area contributed by atoms with Gasteiger partial charge in [-0.2, -0.15) is 5.10 Å². The molecule has 3 aliphatic rings. The van der Waals surface area contributed by atoms with E-state index < -0.39 is 0 Å². The fraction of sp³-hybridized carbons (Fsp3) is 0.550. The highest BCUT2D eigenvalue weighted by atomic mass is 15.3. The van der Waals surface area contributed by atoms with Gasteiger partial charge in [0, 0.05) is 36.1 Å². The molecule has 1 aromatic carbocycles. The summed E-state index contributed by atoms with van der Waals surface area (Å²) in [6.45, 7) is 6.77. The van der Waals surface area contributed by atoms with Crippen molar-refractivity contribution in [3.05, 3.63) is 36.5 Å². The van der Waals surface area contributed by atoms with Crippen molar-refractivity contribution in [1.29, 1.82) is 0 Å². The standard InChI is InChI=1S/C20H26N4/c1-13(19-17-6-4-5-7-18(17)23(3)22-19)21-14-10-15-8-9-20(2)12-16(11-14)24(15)20/h4-7,14-16,21H,1,8-12H2,2-3H3. The topological polar surface area (TPSA) is 33.1 Å². The van der Waals surface area contributed by atoms with Crippen LogP contribution >= 0.6 is 0 Å². The minimum absolute atomic E-state index is 0.522. The minimum atomic E-state index is 0.522. The molecule has 126 valence electrons. The molecule has 4 nitrogen and oxygen atoms in total. The van der Waals surface area contributed by atoms with E-state index in [2.05, 4.69) is 48.0 Å². The lowest BCUT2D eigenvalue weighted by molar-refractivity contribution is -0.0836. The van der Waals surface area contributed by atoms with E-state index in [1.54, 1.807) is 0 Å². The molecular formula is C20H26N4. The van der Waals surface area contributed by atoms with Gasteiger partial charge in [0.05, 0.1) is 11.2 Å². The Morgan fingerprint density at radius 1 is 1.29 bits per heavy atom. The minimum Gasteiger partial charge on any atom is -0.381 e. The Labute approximate surface area is 143 Å². The Bertz CT molecular complexity index is 822. The number of fused-ring (bicyclic) bond motifs is 1. The molecule has 5 rings (SSSR count). The van der Waals surface area contributed by atoms with Gasteiger partial charge in [0.2, 0.25) is 0 Å². The van der Waals surface area contributed by atoms with E-state index in [4.69, 9.17) is 5.10 Å². The maximum Gasteiger partial charge on any atom is 0.115 e. The molecule has 0 spiro atoms. The van der Waals surface area contributed by atoms with E-state index in [1.165, 1.54) is 37.5 Å². The van der Waals surface area contributed by atoms with Gasteiger partial charge in [-0.25, -0.2) is 0 Å². The van der Waals surface area contributed by atoms with Gasteiger partial charge in [0.15, 0.2) is 0 Å². The van der Waals surface area contributed by atoms with Crippen LogP contribution in [0, 0.1) is 0 Å². The van der Waals surface area contributed by atoms with Gasteiger partial charge >= 0.3 is 0 Å². The number of hydrogen-bond acceptors (Lipinski definition) is 3. The molecule has 0 bridgehead atoms. The van der Waals surface area contributed by atoms with Crippen LogP contribution in [0.5, 0.6) is 0 Å². The summed E-state index contributed by atoms with van der Waals surface area (Å²) in [5.41, 5.74) is 3.66. The average molecular weight is 322 g/mol. The van der Waals surface area contributed by atoms with Crippen LogP contribution in [0.1, 0.15) is 44.7 Å². The highest BCUT2D eigenvalue weighted by Gasteiger charge is 2.57. The van der Waals surface area contributed by atoms with Gasteiger partial charge in [-0.15, -0.1) is 0 Å². The summed E-state index contributed by atoms with van der Waals surface area (Å²) in [7, 11) is 2.01. The van der Waals surface area contributed by atoms with Crippen molar-refractivity contribution in [3.8, 4) is 0 Å². The number of nitrogens with zero attached hydrogens (tertiary/aromatic N) is 3. The number of rotatable bonds is 3. The molecule has 4 heterocycles. The molecule has 0 aliphatic carbocycles. The van der Waals surface area contributed by atoms with E-state index >= 15 is 0 Å². The van der Waals surface area contributed by atoms with Crippen molar-refractivity contribution in [2.24, 2.45) is 7.05 Å². The van der Waals surface area contributed by atoms with Crippen LogP contribution in [0.4, 0.5) is 0 Å². The molecule has 4 atom stereocenters. The summed E-state index contributed by atoms with van der Waals surface area (Å²) < 4.78 is 1.95. The van der Waals surface area contributed by atoms with E-state index in [0.717, 1.165) is 29.0 Å². The van der Waals surface area contributed by atoms with E-state index in [9.17, 15) is 0 Å². The molecule has 3 aliphatic heterocycles. The number of piperidine rings is 1. The van der Waals surface area contributed by atoms with Gasteiger partial charge in [0.25, 0.3) is 0 Å². The van der Waals surface area contributed by atoms with Crippen molar-refractivity contribution < 1.29 is 0 Å². The molecular weight excluding hydrogens is 296 g/mol. The Morgan fingerprint density at radius 2 is 2.08 bits per heavy atom. The van der Waals surface area contributed by atoms with Crippen molar-refractivity contribution in [1.82, 2.24) is 20.0 Å². The molecule has 2 aromatic rings. The maximum atomic E-state index is 4.71. The first kappa shape index (κ1) is 14.5. The molecule has 0 radical (unpaired) electrons. The first-order valence-electron chi connectivity index (χ1n) is 9.21. The second kappa shape index (κ2) is 4.85. The second-order valence-electron chi connectivity index (χ2n) is 8.24. The molecule has 1 aromatic heterocycles. The lowest BCUT2D eigenvalue weighted by Gasteiger charge is -2.59. The maximum absolute atomic E-state index is 4.71. The molecule has 3 saturated heterocycles. The van der Waals surface area contributed by atoms with Crippen molar-refractivity contribution in [2.75, 3.05) is 0 Å². The Hall–Kier alpha value is -1.81. The molecule has 4 heteroatoms. The van der Waals surface area contributed by atoms with Crippen molar-refractivity contribution in [3.63, 3.8) is 0 Å². The lowest BCUT2D eigenvalue weighted by Crippen LogP contribution is -2.67. The summed E-state index contributed by atoms with van der Waals surface area (Å²) >= 11 is 0. The molecule has 1 N–H and O–H groups in total. The Balaban J connectivity index is 1.36. The van der Waals surface area contributed by atoms with Crippen LogP contribution in [-0.4, -0.2) is 38.3 Å². The first-order chi connectivity index (χ1) is 11.5. The van der Waals surface area contributed by atoms with Crippen LogP contribution in [0.15, 0.2) is 30.8 Å². The van der Waals surface area contributed by atoms with Crippen LogP contribution in [0.25, 0.3) is 16.6 Å². The van der Waals surface area contributed by atoms with Crippen LogP contribution < -0.4 is 5.32 Å². The summed E-state index contributed by atoms with van der Waals surface area (Å²) in [6.07, 6.45) is 6.61. The third-order valence-corrected chi connectivity index (χ3v) is 6.64. The number of hydrogen-bond donors (Lipinski definition) is 1. The first-order valence-corrected chi connectivity index (χ1v) is 9.21. The Kier molecular flexibility index (Phi) is 2.94. The van der Waals surface area contributed by atoms with Crippen LogP contribution in [0.2, 0.25) is 0 Å². The van der Waals surface area contributed by atoms with Crippen LogP contribution in [-0.2, 0) is 7.05 Å². The Morgan fingerprint density at radius 3 is 2.96 bits per heavy atom. The van der Waals surface area contributed by atoms with Gasteiger partial charge in [-0.1, -0.05) is 24.8 Å². The predicted octanol–water partition coefficient (Wildman–Crippen LogP) is 3.29. The lowest BCUT2D eigenvalue weighted by atomic mass is 9.75. The summed E-state index contributed by atoms with van der Waals surface area (Å²) in [5.74, 6) is 0. The smallest absolute Gasteiger partial charge is 0.115 e. The monoisotopic (exact) mass is 322 g/mol. The average Bonchev–Trinajstić information content (AvgIpc) is 3.04. The quantitative estimate of drug-likeness (QED) is 0.941. The third-order valence-electron chi connectivity index (χ3n) is 6.64. The molecule has 24 heavy (non-hydrogen) atoms. The van der Waals surface area contributed by atoms with E-state index in [0.29, 0.717) is 11.6 Å². The fourth-order valence-corrected chi connectivity index (χ4v) is 5.68. The third kappa shape index (κ3) is 1.92. The largest absolute Gasteiger partial charge is 0.381 e. The zero-order chi connectivity index (χ0) is 16.5.